The van der Waals surface area contributed by atoms with Crippen molar-refractivity contribution in [1.29, 1.82) is 0 Å². The Morgan fingerprint density at radius 3 is 2.62 bits per heavy atom. The van der Waals surface area contributed by atoms with Crippen molar-refractivity contribution in [3.8, 4) is 0 Å². The summed E-state index contributed by atoms with van der Waals surface area (Å²) in [6, 6.07) is 10.9. The number of nitrogens with zero attached hydrogens (tertiary/aromatic N) is 1. The van der Waals surface area contributed by atoms with Crippen LogP contribution in [-0.4, -0.2) is 43.5 Å². The van der Waals surface area contributed by atoms with Crippen LogP contribution in [0.3, 0.4) is 0 Å². The first-order chi connectivity index (χ1) is 14.0. The second kappa shape index (κ2) is 8.51. The summed E-state index contributed by atoms with van der Waals surface area (Å²) in [7, 11) is 2.17. The van der Waals surface area contributed by atoms with E-state index in [1.165, 1.54) is 32.7 Å². The predicted molar refractivity (Wildman–Crippen MR) is 115 cm³/mol. The molecule has 1 amide bonds. The van der Waals surface area contributed by atoms with Gasteiger partial charge in [0.1, 0.15) is 0 Å². The molecular weight excluding hydrogens is 384 g/mol. The molecule has 5 nitrogen and oxygen atoms in total. The van der Waals surface area contributed by atoms with E-state index in [-0.39, 0.29) is 13.0 Å². The topological polar surface area (TPSA) is 72.6 Å². The van der Waals surface area contributed by atoms with Gasteiger partial charge in [0.15, 0.2) is 6.61 Å². The van der Waals surface area contributed by atoms with Crippen molar-refractivity contribution < 1.29 is 14.3 Å². The number of benzene rings is 1. The second-order valence-corrected chi connectivity index (χ2v) is 9.01. The van der Waals surface area contributed by atoms with Crippen molar-refractivity contribution >= 4 is 28.8 Å². The molecule has 2 aliphatic rings. The summed E-state index contributed by atoms with van der Waals surface area (Å²) in [6.07, 6.45) is 4.31. The number of primary amides is 1. The third-order valence-corrected chi connectivity index (χ3v) is 6.87. The Balaban J connectivity index is 1.70. The van der Waals surface area contributed by atoms with Crippen LogP contribution in [0, 0.1) is 0 Å². The SMILES string of the molecule is CN1CCC(=C2c3ccccc3CCc3sc(CC(=O)OCC(N)=O)cc32)CC1. The van der Waals surface area contributed by atoms with Gasteiger partial charge in [0.2, 0.25) is 0 Å². The number of carbonyl (C=O) groups excluding carboxylic acids is 2. The van der Waals surface area contributed by atoms with Gasteiger partial charge >= 0.3 is 5.97 Å². The third kappa shape index (κ3) is 4.43. The van der Waals surface area contributed by atoms with Crippen molar-refractivity contribution in [1.82, 2.24) is 4.90 Å². The molecule has 152 valence electrons. The number of aryl methyl sites for hydroxylation is 2. The Labute approximate surface area is 175 Å². The molecule has 0 spiro atoms. The van der Waals surface area contributed by atoms with Gasteiger partial charge in [-0.05, 0) is 61.1 Å². The first-order valence-electron chi connectivity index (χ1n) is 10.1. The van der Waals surface area contributed by atoms with Crippen LogP contribution < -0.4 is 5.73 Å². The number of ether oxygens (including phenoxy) is 1. The number of thiophene rings is 1. The molecule has 0 atom stereocenters. The van der Waals surface area contributed by atoms with E-state index >= 15 is 0 Å². The number of fused-ring (bicyclic) bond motifs is 2. The number of amides is 1. The molecular formula is C23H26N2O3S. The fourth-order valence-electron chi connectivity index (χ4n) is 4.21. The monoisotopic (exact) mass is 410 g/mol. The van der Waals surface area contributed by atoms with Crippen molar-refractivity contribution in [2.45, 2.75) is 32.1 Å². The van der Waals surface area contributed by atoms with Crippen LogP contribution in [-0.2, 0) is 33.6 Å². The van der Waals surface area contributed by atoms with Crippen molar-refractivity contribution in [2.75, 3.05) is 26.7 Å². The minimum atomic E-state index is -0.633. The normalized spacial score (nSPS) is 16.7. The highest BCUT2D eigenvalue weighted by Crippen LogP contribution is 2.41. The second-order valence-electron chi connectivity index (χ2n) is 7.79. The maximum Gasteiger partial charge on any atom is 0.311 e. The van der Waals surface area contributed by atoms with Gasteiger partial charge in [0.25, 0.3) is 5.91 Å². The molecule has 1 aromatic heterocycles. The van der Waals surface area contributed by atoms with Crippen LogP contribution >= 0.6 is 11.3 Å². The summed E-state index contributed by atoms with van der Waals surface area (Å²) in [4.78, 5) is 27.6. The summed E-state index contributed by atoms with van der Waals surface area (Å²) < 4.78 is 4.95. The Kier molecular flexibility index (Phi) is 5.83. The minimum absolute atomic E-state index is 0.179. The summed E-state index contributed by atoms with van der Waals surface area (Å²) in [5, 5.41) is 0. The minimum Gasteiger partial charge on any atom is -0.455 e. The quantitative estimate of drug-likeness (QED) is 0.787. The molecule has 1 saturated heterocycles. The summed E-state index contributed by atoms with van der Waals surface area (Å²) in [5.41, 5.74) is 12.0. The van der Waals surface area contributed by atoms with Gasteiger partial charge in [0.05, 0.1) is 6.42 Å². The number of carbonyl (C=O) groups is 2. The van der Waals surface area contributed by atoms with Crippen molar-refractivity contribution in [3.63, 3.8) is 0 Å². The maximum atomic E-state index is 12.1. The number of rotatable bonds is 4. The number of hydrogen-bond donors (Lipinski definition) is 1. The van der Waals surface area contributed by atoms with Gasteiger partial charge in [-0.3, -0.25) is 9.59 Å². The average Bonchev–Trinajstić information content (AvgIpc) is 3.02. The van der Waals surface area contributed by atoms with Crippen molar-refractivity contribution in [3.05, 3.63) is 62.3 Å². The maximum absolute atomic E-state index is 12.1. The molecule has 1 aromatic carbocycles. The average molecular weight is 411 g/mol. The zero-order chi connectivity index (χ0) is 20.4. The smallest absolute Gasteiger partial charge is 0.311 e. The molecule has 0 unspecified atom stereocenters. The van der Waals surface area contributed by atoms with Gasteiger partial charge < -0.3 is 15.4 Å². The summed E-state index contributed by atoms with van der Waals surface area (Å²) in [5.74, 6) is -1.04. The van der Waals surface area contributed by atoms with Gasteiger partial charge in [-0.2, -0.15) is 0 Å². The lowest BCUT2D eigenvalue weighted by molar-refractivity contribution is -0.147. The molecule has 0 bridgehead atoms. The van der Waals surface area contributed by atoms with E-state index in [9.17, 15) is 9.59 Å². The first kappa shape index (κ1) is 19.9. The van der Waals surface area contributed by atoms with Crippen LogP contribution in [0.2, 0.25) is 0 Å². The molecule has 2 N–H and O–H groups in total. The van der Waals surface area contributed by atoms with E-state index < -0.39 is 11.9 Å². The number of nitrogens with two attached hydrogens (primary N) is 1. The fourth-order valence-corrected chi connectivity index (χ4v) is 5.37. The molecule has 1 aliphatic heterocycles. The van der Waals surface area contributed by atoms with Gasteiger partial charge in [0, 0.05) is 22.8 Å². The predicted octanol–water partition coefficient (Wildman–Crippen LogP) is 2.95. The molecule has 2 aromatic rings. The highest BCUT2D eigenvalue weighted by Gasteiger charge is 2.25. The Morgan fingerprint density at radius 1 is 1.10 bits per heavy atom. The van der Waals surface area contributed by atoms with Gasteiger partial charge in [-0.15, -0.1) is 11.3 Å². The molecule has 6 heteroatoms. The lowest BCUT2D eigenvalue weighted by Gasteiger charge is -2.27. The van der Waals surface area contributed by atoms with Crippen LogP contribution in [0.5, 0.6) is 0 Å². The summed E-state index contributed by atoms with van der Waals surface area (Å²) >= 11 is 1.69. The molecule has 1 aliphatic carbocycles. The lowest BCUT2D eigenvalue weighted by atomic mass is 9.87. The highest BCUT2D eigenvalue weighted by molar-refractivity contribution is 7.12. The standard InChI is InChI=1S/C23H26N2O3S/c1-25-10-8-16(9-11-25)23-18-5-3-2-4-15(18)6-7-20-19(23)12-17(29-20)13-22(27)28-14-21(24)26/h2-5,12H,6-11,13-14H2,1H3,(H2,24,26). The van der Waals surface area contributed by atoms with E-state index in [1.54, 1.807) is 11.3 Å². The van der Waals surface area contributed by atoms with Crippen LogP contribution in [0.1, 0.15) is 39.3 Å². The molecule has 29 heavy (non-hydrogen) atoms. The van der Waals surface area contributed by atoms with E-state index in [1.807, 2.05) is 0 Å². The molecule has 0 saturated carbocycles. The van der Waals surface area contributed by atoms with Gasteiger partial charge in [-0.1, -0.05) is 29.8 Å². The van der Waals surface area contributed by atoms with Crippen LogP contribution in [0.25, 0.3) is 5.57 Å². The van der Waals surface area contributed by atoms with Crippen LogP contribution in [0.4, 0.5) is 0 Å². The number of likely N-dealkylation sites (tertiary alicyclic amines) is 1. The molecule has 1 fully saturated rings. The third-order valence-electron chi connectivity index (χ3n) is 5.68. The Morgan fingerprint density at radius 2 is 1.86 bits per heavy atom. The van der Waals surface area contributed by atoms with E-state index in [4.69, 9.17) is 10.5 Å². The zero-order valence-electron chi connectivity index (χ0n) is 16.7. The Hall–Kier alpha value is -2.44. The highest BCUT2D eigenvalue weighted by atomic mass is 32.1. The number of esters is 1. The first-order valence-corrected chi connectivity index (χ1v) is 10.9. The molecule has 4 rings (SSSR count). The number of hydrogen-bond acceptors (Lipinski definition) is 5. The van der Waals surface area contributed by atoms with E-state index in [2.05, 4.69) is 42.3 Å². The van der Waals surface area contributed by atoms with Crippen molar-refractivity contribution in [2.24, 2.45) is 5.73 Å². The van der Waals surface area contributed by atoms with E-state index in [0.29, 0.717) is 0 Å². The van der Waals surface area contributed by atoms with Gasteiger partial charge in [-0.25, -0.2) is 0 Å². The lowest BCUT2D eigenvalue weighted by Crippen LogP contribution is -2.27. The van der Waals surface area contributed by atoms with Crippen LogP contribution in [0.15, 0.2) is 35.9 Å². The Bertz CT molecular complexity index is 966. The largest absolute Gasteiger partial charge is 0.455 e. The molecule has 2 heterocycles. The van der Waals surface area contributed by atoms with E-state index in [0.717, 1.165) is 43.6 Å². The summed E-state index contributed by atoms with van der Waals surface area (Å²) in [6.45, 7) is 1.79. The number of piperidine rings is 1. The zero-order valence-corrected chi connectivity index (χ0v) is 17.5. The molecule has 0 radical (unpaired) electrons. The fraction of sp³-hybridized carbons (Fsp3) is 0.391.